The Balaban J connectivity index is 1.88. The van der Waals surface area contributed by atoms with Gasteiger partial charge >= 0.3 is 5.69 Å². The number of para-hydroxylation sites is 1. The van der Waals surface area contributed by atoms with Crippen molar-refractivity contribution in [1.29, 1.82) is 0 Å². The molecule has 0 spiro atoms. The summed E-state index contributed by atoms with van der Waals surface area (Å²) in [6.07, 6.45) is -2.91. The van der Waals surface area contributed by atoms with E-state index in [2.05, 4.69) is 10.4 Å². The molecule has 1 amide bonds. The smallest absolute Gasteiger partial charge is 0.358 e. The summed E-state index contributed by atoms with van der Waals surface area (Å²) in [5.74, 6) is -1.25. The van der Waals surface area contributed by atoms with Gasteiger partial charge in [-0.05, 0) is 29.5 Å². The van der Waals surface area contributed by atoms with Crippen molar-refractivity contribution < 1.29 is 19.1 Å². The molecule has 0 radical (unpaired) electrons. The van der Waals surface area contributed by atoms with E-state index in [1.165, 1.54) is 7.11 Å². The molecule has 1 aliphatic rings. The SMILES string of the molecule is [2H]C([2H])(CN1CCC(OC)(N(C(=O)C([2H])([2H])C([2H])([2H])[2H])c2ccccc2)CC1)n1nnn(CC)c1=O. The average molecular weight is 410 g/mol. The standard InChI is InChI=1S/C20H30N6O3/c1-4-18(27)26(17-9-7-6-8-10-17)20(29-3)11-13-23(14-12-20)15-16-25-19(28)24(5-2)21-22-25/h6-10H,4-5,11-16H2,1-3H3/i1D3,4D2,16D2. The third kappa shape index (κ3) is 4.40. The lowest BCUT2D eigenvalue weighted by atomic mass is 9.96. The third-order valence-corrected chi connectivity index (χ3v) is 5.13. The van der Waals surface area contributed by atoms with Gasteiger partial charge in [0.15, 0.2) is 0 Å². The summed E-state index contributed by atoms with van der Waals surface area (Å²) in [6.45, 7) is -3.17. The van der Waals surface area contributed by atoms with E-state index >= 15 is 0 Å². The first-order valence-electron chi connectivity index (χ1n) is 12.9. The van der Waals surface area contributed by atoms with Crippen LogP contribution < -0.4 is 10.6 Å². The fourth-order valence-electron chi connectivity index (χ4n) is 3.49. The normalized spacial score (nSPS) is 21.7. The van der Waals surface area contributed by atoms with Gasteiger partial charge in [-0.2, -0.15) is 9.36 Å². The summed E-state index contributed by atoms with van der Waals surface area (Å²) in [4.78, 5) is 28.6. The average Bonchev–Trinajstić information content (AvgIpc) is 3.21. The van der Waals surface area contributed by atoms with Gasteiger partial charge in [-0.1, -0.05) is 25.1 Å². The van der Waals surface area contributed by atoms with Gasteiger partial charge in [0.1, 0.15) is 5.72 Å². The summed E-state index contributed by atoms with van der Waals surface area (Å²) in [5, 5.41) is 7.31. The van der Waals surface area contributed by atoms with Crippen LogP contribution in [0.3, 0.4) is 0 Å². The van der Waals surface area contributed by atoms with E-state index in [0.29, 0.717) is 4.68 Å². The topological polar surface area (TPSA) is 85.5 Å². The lowest BCUT2D eigenvalue weighted by Crippen LogP contribution is -2.59. The summed E-state index contributed by atoms with van der Waals surface area (Å²) < 4.78 is 63.2. The molecule has 0 saturated carbocycles. The van der Waals surface area contributed by atoms with Gasteiger partial charge in [-0.15, -0.1) is 0 Å². The highest BCUT2D eigenvalue weighted by Gasteiger charge is 2.43. The molecular formula is C20H30N6O3. The van der Waals surface area contributed by atoms with Crippen LogP contribution in [-0.2, 0) is 22.6 Å². The first-order valence-corrected chi connectivity index (χ1v) is 9.41. The molecule has 9 nitrogen and oxygen atoms in total. The molecule has 0 atom stereocenters. The summed E-state index contributed by atoms with van der Waals surface area (Å²) in [7, 11) is 1.37. The summed E-state index contributed by atoms with van der Waals surface area (Å²) in [5.41, 5.74) is -1.76. The van der Waals surface area contributed by atoms with Crippen molar-refractivity contribution in [2.75, 3.05) is 31.6 Å². The van der Waals surface area contributed by atoms with Gasteiger partial charge in [0.2, 0.25) is 5.91 Å². The molecule has 9 heteroatoms. The van der Waals surface area contributed by atoms with E-state index in [4.69, 9.17) is 14.3 Å². The third-order valence-electron chi connectivity index (χ3n) is 5.13. The fraction of sp³-hybridized carbons (Fsp3) is 0.600. The van der Waals surface area contributed by atoms with Crippen LogP contribution in [0, 0.1) is 0 Å². The first kappa shape index (κ1) is 13.7. The Hall–Kier alpha value is -2.52. The number of nitrogens with zero attached hydrogens (tertiary/aromatic N) is 6. The van der Waals surface area contributed by atoms with Crippen LogP contribution in [0.25, 0.3) is 0 Å². The number of aromatic nitrogens is 4. The number of hydrogen-bond acceptors (Lipinski definition) is 6. The number of anilines is 1. The van der Waals surface area contributed by atoms with Crippen LogP contribution in [0.5, 0.6) is 0 Å². The van der Waals surface area contributed by atoms with Crippen molar-refractivity contribution in [3.63, 3.8) is 0 Å². The van der Waals surface area contributed by atoms with Crippen molar-refractivity contribution in [2.45, 2.75) is 51.8 Å². The number of piperidine rings is 1. The molecular weight excluding hydrogens is 372 g/mol. The first-order chi connectivity index (χ1) is 16.7. The lowest BCUT2D eigenvalue weighted by Gasteiger charge is -2.47. The predicted molar refractivity (Wildman–Crippen MR) is 110 cm³/mol. The molecule has 0 bridgehead atoms. The van der Waals surface area contributed by atoms with Crippen molar-refractivity contribution in [3.8, 4) is 0 Å². The number of benzene rings is 1. The summed E-state index contributed by atoms with van der Waals surface area (Å²) >= 11 is 0. The van der Waals surface area contributed by atoms with Crippen LogP contribution in [0.15, 0.2) is 35.1 Å². The van der Waals surface area contributed by atoms with Crippen LogP contribution in [0.1, 0.15) is 42.6 Å². The Morgan fingerprint density at radius 2 is 1.97 bits per heavy atom. The van der Waals surface area contributed by atoms with Gasteiger partial charge in [-0.3, -0.25) is 9.69 Å². The Morgan fingerprint density at radius 3 is 2.55 bits per heavy atom. The second kappa shape index (κ2) is 9.32. The summed E-state index contributed by atoms with van der Waals surface area (Å²) in [6, 6.07) is 8.15. The van der Waals surface area contributed by atoms with E-state index in [9.17, 15) is 9.59 Å². The maximum atomic E-state index is 13.4. The van der Waals surface area contributed by atoms with Gasteiger partial charge in [0, 0.05) is 65.0 Å². The second-order valence-electron chi connectivity index (χ2n) is 6.67. The highest BCUT2D eigenvalue weighted by atomic mass is 16.5. The molecule has 158 valence electrons. The molecule has 3 rings (SSSR count). The second-order valence-corrected chi connectivity index (χ2v) is 6.67. The van der Waals surface area contributed by atoms with E-state index in [1.54, 1.807) is 42.2 Å². The van der Waals surface area contributed by atoms with Crippen LogP contribution in [0.4, 0.5) is 5.69 Å². The number of amides is 1. The van der Waals surface area contributed by atoms with Gasteiger partial charge in [0.25, 0.3) is 0 Å². The van der Waals surface area contributed by atoms with Crippen LogP contribution >= 0.6 is 0 Å². The molecule has 2 aromatic rings. The fourth-order valence-corrected chi connectivity index (χ4v) is 3.49. The zero-order valence-corrected chi connectivity index (χ0v) is 16.5. The van der Waals surface area contributed by atoms with Crippen molar-refractivity contribution >= 4 is 11.6 Å². The van der Waals surface area contributed by atoms with Gasteiger partial charge < -0.3 is 9.64 Å². The number of likely N-dealkylation sites (tertiary alicyclic amines) is 1. The maximum Gasteiger partial charge on any atom is 0.363 e. The van der Waals surface area contributed by atoms with Gasteiger partial charge in [0.05, 0.1) is 9.24 Å². The zero-order valence-electron chi connectivity index (χ0n) is 23.5. The van der Waals surface area contributed by atoms with E-state index in [0.717, 1.165) is 9.58 Å². The highest BCUT2D eigenvalue weighted by molar-refractivity contribution is 5.94. The van der Waals surface area contributed by atoms with Crippen molar-refractivity contribution in [3.05, 3.63) is 40.8 Å². The number of methoxy groups -OCH3 is 1. The number of carbonyl (C=O) groups excluding carboxylic acids is 1. The minimum absolute atomic E-state index is 0.133. The predicted octanol–water partition coefficient (Wildman–Crippen LogP) is 1.34. The zero-order chi connectivity index (χ0) is 26.9. The molecule has 1 aromatic carbocycles. The Kier molecular flexibility index (Phi) is 4.39. The minimum atomic E-state index is -3.20. The Morgan fingerprint density at radius 1 is 1.28 bits per heavy atom. The molecule has 1 saturated heterocycles. The monoisotopic (exact) mass is 409 g/mol. The Labute approximate surface area is 180 Å². The molecule has 0 N–H and O–H groups in total. The van der Waals surface area contributed by atoms with Crippen LogP contribution in [-0.4, -0.2) is 63.1 Å². The number of rotatable bonds is 8. The molecule has 29 heavy (non-hydrogen) atoms. The Bertz CT molecular complexity index is 1110. The van der Waals surface area contributed by atoms with Gasteiger partial charge in [-0.25, -0.2) is 4.79 Å². The largest absolute Gasteiger partial charge is 0.363 e. The molecule has 1 aromatic heterocycles. The highest BCUT2D eigenvalue weighted by Crippen LogP contribution is 2.34. The van der Waals surface area contributed by atoms with E-state index in [-0.39, 0.29) is 44.7 Å². The molecule has 1 aliphatic heterocycles. The quantitative estimate of drug-likeness (QED) is 0.612. The number of ether oxygens (including phenoxy) is 1. The molecule has 0 unspecified atom stereocenters. The number of carbonyl (C=O) groups is 1. The number of tetrazole rings is 1. The van der Waals surface area contributed by atoms with E-state index in [1.807, 2.05) is 0 Å². The van der Waals surface area contributed by atoms with E-state index < -0.39 is 37.0 Å². The van der Waals surface area contributed by atoms with Crippen molar-refractivity contribution in [2.24, 2.45) is 0 Å². The minimum Gasteiger partial charge on any atom is -0.358 e. The molecule has 2 heterocycles. The van der Waals surface area contributed by atoms with Crippen LogP contribution in [0.2, 0.25) is 0 Å². The molecule has 1 fully saturated rings. The van der Waals surface area contributed by atoms with Crippen molar-refractivity contribution in [1.82, 2.24) is 24.7 Å². The molecule has 0 aliphatic carbocycles. The number of hydrogen-bond donors (Lipinski definition) is 0. The lowest BCUT2D eigenvalue weighted by molar-refractivity contribution is -0.128. The maximum absolute atomic E-state index is 13.4. The number of aryl methyl sites for hydroxylation is 1.